The summed E-state index contributed by atoms with van der Waals surface area (Å²) in [5.41, 5.74) is 6.55. The van der Waals surface area contributed by atoms with Crippen LogP contribution in [-0.4, -0.2) is 12.6 Å². The van der Waals surface area contributed by atoms with Gasteiger partial charge in [-0.25, -0.2) is 4.79 Å². The van der Waals surface area contributed by atoms with Crippen molar-refractivity contribution in [3.63, 3.8) is 0 Å². The monoisotopic (exact) mass is 311 g/mol. The van der Waals surface area contributed by atoms with Crippen LogP contribution in [0.15, 0.2) is 30.3 Å². The van der Waals surface area contributed by atoms with Crippen LogP contribution in [0.2, 0.25) is 4.34 Å². The Hall–Kier alpha value is -1.72. The minimum Gasteiger partial charge on any atom is -0.491 e. The highest BCUT2D eigenvalue weighted by molar-refractivity contribution is 7.16. The lowest BCUT2D eigenvalue weighted by molar-refractivity contribution is 0.0472. The van der Waals surface area contributed by atoms with Crippen molar-refractivity contribution in [2.24, 2.45) is 0 Å². The van der Waals surface area contributed by atoms with Crippen molar-refractivity contribution < 1.29 is 14.3 Å². The van der Waals surface area contributed by atoms with Gasteiger partial charge in [0.2, 0.25) is 0 Å². The predicted molar refractivity (Wildman–Crippen MR) is 80.5 cm³/mol. The Bertz CT molecular complexity index is 612. The summed E-state index contributed by atoms with van der Waals surface area (Å²) >= 11 is 7.20. The van der Waals surface area contributed by atoms with Crippen molar-refractivity contribution in [2.75, 3.05) is 12.3 Å². The molecule has 0 atom stereocenters. The Morgan fingerprint density at radius 1 is 1.35 bits per heavy atom. The number of carbonyl (C=O) groups excluding carboxylic acids is 1. The van der Waals surface area contributed by atoms with Crippen LogP contribution in [-0.2, 0) is 11.3 Å². The molecule has 6 heteroatoms. The lowest BCUT2D eigenvalue weighted by atomic mass is 10.2. The van der Waals surface area contributed by atoms with E-state index in [9.17, 15) is 4.79 Å². The second-order valence-corrected chi connectivity index (χ2v) is 5.74. The number of benzene rings is 1. The number of anilines is 1. The lowest BCUT2D eigenvalue weighted by Crippen LogP contribution is -2.09. The van der Waals surface area contributed by atoms with Gasteiger partial charge in [0, 0.05) is 4.88 Å². The number of thiophene rings is 1. The smallest absolute Gasteiger partial charge is 0.342 e. The summed E-state index contributed by atoms with van der Waals surface area (Å²) in [4.78, 5) is 13.0. The molecule has 1 heterocycles. The third-order valence-electron chi connectivity index (χ3n) is 2.53. The van der Waals surface area contributed by atoms with Crippen LogP contribution in [0.25, 0.3) is 0 Å². The fourth-order valence-electron chi connectivity index (χ4n) is 1.66. The van der Waals surface area contributed by atoms with Crippen LogP contribution >= 0.6 is 22.9 Å². The largest absolute Gasteiger partial charge is 0.491 e. The number of ether oxygens (including phenoxy) is 2. The highest BCUT2D eigenvalue weighted by Gasteiger charge is 2.16. The zero-order chi connectivity index (χ0) is 14.5. The Balaban J connectivity index is 2.10. The number of para-hydroxylation sites is 1. The SMILES string of the molecule is CCOc1c(N)cccc1C(=O)OCc1ccc(Cl)s1. The summed E-state index contributed by atoms with van der Waals surface area (Å²) in [6.07, 6.45) is 0. The standard InChI is InChI=1S/C14H14ClNO3S/c1-2-18-13-10(4-3-5-11(13)16)14(17)19-8-9-6-7-12(15)20-9/h3-7H,2,8,16H2,1H3. The molecule has 0 radical (unpaired) electrons. The molecule has 0 aliphatic carbocycles. The first-order chi connectivity index (χ1) is 9.61. The average molecular weight is 312 g/mol. The van der Waals surface area contributed by atoms with Crippen molar-refractivity contribution >= 4 is 34.6 Å². The van der Waals surface area contributed by atoms with Gasteiger partial charge < -0.3 is 15.2 Å². The Morgan fingerprint density at radius 3 is 2.80 bits per heavy atom. The number of rotatable bonds is 5. The van der Waals surface area contributed by atoms with E-state index in [4.69, 9.17) is 26.8 Å². The van der Waals surface area contributed by atoms with E-state index >= 15 is 0 Å². The normalized spacial score (nSPS) is 10.3. The molecule has 2 N–H and O–H groups in total. The van der Waals surface area contributed by atoms with Gasteiger partial charge in [-0.05, 0) is 31.2 Å². The maximum absolute atomic E-state index is 12.1. The molecule has 0 spiro atoms. The second kappa shape index (κ2) is 6.63. The molecule has 0 aliphatic heterocycles. The maximum Gasteiger partial charge on any atom is 0.342 e. The zero-order valence-electron chi connectivity index (χ0n) is 10.9. The molecule has 0 amide bonds. The number of nitrogen functional groups attached to an aromatic ring is 1. The van der Waals surface area contributed by atoms with Gasteiger partial charge in [-0.3, -0.25) is 0 Å². The van der Waals surface area contributed by atoms with Gasteiger partial charge in [-0.2, -0.15) is 0 Å². The molecule has 2 aromatic rings. The van der Waals surface area contributed by atoms with E-state index in [2.05, 4.69) is 0 Å². The summed E-state index contributed by atoms with van der Waals surface area (Å²) in [6.45, 7) is 2.43. The summed E-state index contributed by atoms with van der Waals surface area (Å²) < 4.78 is 11.3. The number of esters is 1. The molecule has 20 heavy (non-hydrogen) atoms. The number of hydrogen-bond acceptors (Lipinski definition) is 5. The predicted octanol–water partition coefficient (Wildman–Crippen LogP) is 3.74. The molecule has 0 unspecified atom stereocenters. The summed E-state index contributed by atoms with van der Waals surface area (Å²) in [6, 6.07) is 8.59. The summed E-state index contributed by atoms with van der Waals surface area (Å²) in [7, 11) is 0. The van der Waals surface area contributed by atoms with Crippen molar-refractivity contribution in [3.05, 3.63) is 45.1 Å². The van der Waals surface area contributed by atoms with E-state index in [1.54, 1.807) is 24.3 Å². The summed E-state index contributed by atoms with van der Waals surface area (Å²) in [5.74, 6) is -0.102. The average Bonchev–Trinajstić information content (AvgIpc) is 2.84. The summed E-state index contributed by atoms with van der Waals surface area (Å²) in [5, 5.41) is 0. The molecule has 1 aromatic carbocycles. The minimum atomic E-state index is -0.467. The molecule has 0 bridgehead atoms. The molecule has 0 saturated heterocycles. The van der Waals surface area contributed by atoms with Gasteiger partial charge in [-0.15, -0.1) is 11.3 Å². The Labute approximate surface area is 126 Å². The Kier molecular flexibility index (Phi) is 4.87. The highest BCUT2D eigenvalue weighted by Crippen LogP contribution is 2.28. The molecule has 2 rings (SSSR count). The van der Waals surface area contributed by atoms with Crippen LogP contribution in [0.3, 0.4) is 0 Å². The lowest BCUT2D eigenvalue weighted by Gasteiger charge is -2.11. The number of nitrogens with two attached hydrogens (primary N) is 1. The van der Waals surface area contributed by atoms with Crippen molar-refractivity contribution in [1.82, 2.24) is 0 Å². The van der Waals surface area contributed by atoms with Crippen LogP contribution in [0, 0.1) is 0 Å². The van der Waals surface area contributed by atoms with Gasteiger partial charge >= 0.3 is 5.97 Å². The zero-order valence-corrected chi connectivity index (χ0v) is 12.5. The first-order valence-electron chi connectivity index (χ1n) is 6.04. The molecule has 106 valence electrons. The highest BCUT2D eigenvalue weighted by atomic mass is 35.5. The van der Waals surface area contributed by atoms with Crippen molar-refractivity contribution in [3.8, 4) is 5.75 Å². The van der Waals surface area contributed by atoms with Gasteiger partial charge in [0.15, 0.2) is 5.75 Å². The van der Waals surface area contributed by atoms with Crippen LogP contribution in [0.4, 0.5) is 5.69 Å². The van der Waals surface area contributed by atoms with E-state index < -0.39 is 5.97 Å². The fraction of sp³-hybridized carbons (Fsp3) is 0.214. The van der Waals surface area contributed by atoms with Gasteiger partial charge in [-0.1, -0.05) is 17.7 Å². The molecular formula is C14H14ClNO3S. The molecule has 4 nitrogen and oxygen atoms in total. The maximum atomic E-state index is 12.1. The van der Waals surface area contributed by atoms with E-state index in [0.29, 0.717) is 27.9 Å². The van der Waals surface area contributed by atoms with Crippen LogP contribution in [0.5, 0.6) is 5.75 Å². The van der Waals surface area contributed by atoms with Gasteiger partial charge in [0.05, 0.1) is 16.6 Å². The van der Waals surface area contributed by atoms with Gasteiger partial charge in [0.1, 0.15) is 12.2 Å². The quantitative estimate of drug-likeness (QED) is 0.675. The Morgan fingerprint density at radius 2 is 2.15 bits per heavy atom. The molecular weight excluding hydrogens is 298 g/mol. The first-order valence-corrected chi connectivity index (χ1v) is 7.24. The molecule has 0 saturated carbocycles. The van der Waals surface area contributed by atoms with E-state index in [1.807, 2.05) is 13.0 Å². The van der Waals surface area contributed by atoms with Crippen LogP contribution in [0.1, 0.15) is 22.2 Å². The number of halogens is 1. The molecule has 1 aromatic heterocycles. The number of carbonyl (C=O) groups is 1. The third-order valence-corrected chi connectivity index (χ3v) is 3.73. The minimum absolute atomic E-state index is 0.177. The van der Waals surface area contributed by atoms with Crippen LogP contribution < -0.4 is 10.5 Å². The van der Waals surface area contributed by atoms with Crippen molar-refractivity contribution in [2.45, 2.75) is 13.5 Å². The van der Waals surface area contributed by atoms with E-state index in [1.165, 1.54) is 11.3 Å². The second-order valence-electron chi connectivity index (χ2n) is 3.94. The molecule has 0 fully saturated rings. The van der Waals surface area contributed by atoms with Crippen molar-refractivity contribution in [1.29, 1.82) is 0 Å². The molecule has 0 aliphatic rings. The topological polar surface area (TPSA) is 61.5 Å². The first kappa shape index (κ1) is 14.7. The van der Waals surface area contributed by atoms with E-state index in [-0.39, 0.29) is 6.61 Å². The third kappa shape index (κ3) is 3.43. The number of hydrogen-bond donors (Lipinski definition) is 1. The fourth-order valence-corrected chi connectivity index (χ4v) is 2.67. The van der Waals surface area contributed by atoms with Gasteiger partial charge in [0.25, 0.3) is 0 Å². The van der Waals surface area contributed by atoms with E-state index in [0.717, 1.165) is 4.88 Å².